The van der Waals surface area contributed by atoms with Gasteiger partial charge in [0.1, 0.15) is 5.82 Å². The highest BCUT2D eigenvalue weighted by Gasteiger charge is 2.28. The van der Waals surface area contributed by atoms with Crippen molar-refractivity contribution in [1.29, 1.82) is 0 Å². The number of hydrogen-bond acceptors (Lipinski definition) is 1. The van der Waals surface area contributed by atoms with E-state index in [1.165, 1.54) is 25.3 Å². The lowest BCUT2D eigenvalue weighted by Crippen LogP contribution is -2.49. The third-order valence-electron chi connectivity index (χ3n) is 4.90. The lowest BCUT2D eigenvalue weighted by atomic mass is 9.84. The van der Waals surface area contributed by atoms with E-state index in [4.69, 9.17) is 0 Å². The lowest BCUT2D eigenvalue weighted by molar-refractivity contribution is 0.158. The predicted molar refractivity (Wildman–Crippen MR) is 92.1 cm³/mol. The zero-order valence-corrected chi connectivity index (χ0v) is 14.6. The van der Waals surface area contributed by atoms with Gasteiger partial charge in [-0.25, -0.2) is 9.18 Å². The summed E-state index contributed by atoms with van der Waals surface area (Å²) in [5.41, 5.74) is 0.202. The highest BCUT2D eigenvalue weighted by atomic mass is 19.1. The minimum Gasteiger partial charge on any atom is -0.337 e. The van der Waals surface area contributed by atoms with Crippen LogP contribution in [-0.2, 0) is 5.41 Å². The summed E-state index contributed by atoms with van der Waals surface area (Å²) in [6, 6.07) is 7.12. The monoisotopic (exact) mass is 320 g/mol. The van der Waals surface area contributed by atoms with E-state index in [2.05, 4.69) is 5.32 Å². The van der Waals surface area contributed by atoms with Crippen molar-refractivity contribution < 1.29 is 9.18 Å². The van der Waals surface area contributed by atoms with Crippen molar-refractivity contribution in [3.05, 3.63) is 35.6 Å². The van der Waals surface area contributed by atoms with E-state index in [0.717, 1.165) is 19.4 Å². The molecule has 2 rings (SSSR count). The molecule has 0 heterocycles. The van der Waals surface area contributed by atoms with Gasteiger partial charge in [0.2, 0.25) is 0 Å². The highest BCUT2D eigenvalue weighted by molar-refractivity contribution is 5.74. The Labute approximate surface area is 139 Å². The van der Waals surface area contributed by atoms with Crippen LogP contribution in [0.1, 0.15) is 58.4 Å². The van der Waals surface area contributed by atoms with Crippen LogP contribution >= 0.6 is 0 Å². The Morgan fingerprint density at radius 2 is 1.91 bits per heavy atom. The van der Waals surface area contributed by atoms with E-state index in [-0.39, 0.29) is 11.8 Å². The fraction of sp³-hybridized carbons (Fsp3) is 0.632. The summed E-state index contributed by atoms with van der Waals surface area (Å²) < 4.78 is 14.0. The Kier molecular flexibility index (Phi) is 6.03. The van der Waals surface area contributed by atoms with Crippen molar-refractivity contribution in [1.82, 2.24) is 10.2 Å². The van der Waals surface area contributed by atoms with E-state index in [1.807, 2.05) is 31.7 Å². The van der Waals surface area contributed by atoms with E-state index >= 15 is 0 Å². The van der Waals surface area contributed by atoms with E-state index in [9.17, 15) is 9.18 Å². The second kappa shape index (κ2) is 7.80. The first kappa shape index (κ1) is 17.8. The van der Waals surface area contributed by atoms with E-state index < -0.39 is 5.41 Å². The first-order valence-corrected chi connectivity index (χ1v) is 8.75. The number of urea groups is 1. The molecule has 0 aliphatic heterocycles. The molecule has 0 saturated heterocycles. The van der Waals surface area contributed by atoms with Crippen molar-refractivity contribution in [3.8, 4) is 0 Å². The molecule has 0 bridgehead atoms. The number of halogens is 1. The van der Waals surface area contributed by atoms with Gasteiger partial charge < -0.3 is 10.2 Å². The lowest BCUT2D eigenvalue weighted by Gasteiger charge is -2.35. The van der Waals surface area contributed by atoms with Gasteiger partial charge in [-0.1, -0.05) is 51.3 Å². The standard InChI is InChI=1S/C19H29FN2O/c1-4-22(15-10-6-5-7-11-15)18(23)21-14-19(2,3)16-12-8-9-13-17(16)20/h8-9,12-13,15H,4-7,10-11,14H2,1-3H3,(H,21,23). The molecule has 1 aliphatic rings. The molecule has 1 fully saturated rings. The first-order valence-electron chi connectivity index (χ1n) is 8.75. The molecule has 0 atom stereocenters. The van der Waals surface area contributed by atoms with Gasteiger partial charge in [-0.15, -0.1) is 0 Å². The summed E-state index contributed by atoms with van der Waals surface area (Å²) >= 11 is 0. The van der Waals surface area contributed by atoms with Crippen LogP contribution in [0.2, 0.25) is 0 Å². The predicted octanol–water partition coefficient (Wildman–Crippen LogP) is 4.47. The molecule has 0 unspecified atom stereocenters. The molecule has 1 saturated carbocycles. The zero-order chi connectivity index (χ0) is 16.9. The van der Waals surface area contributed by atoms with Crippen molar-refractivity contribution in [3.63, 3.8) is 0 Å². The van der Waals surface area contributed by atoms with Crippen LogP contribution in [0.5, 0.6) is 0 Å². The van der Waals surface area contributed by atoms with Crippen LogP contribution < -0.4 is 5.32 Å². The molecular weight excluding hydrogens is 291 g/mol. The number of carbonyl (C=O) groups is 1. The van der Waals surface area contributed by atoms with Crippen LogP contribution in [0.25, 0.3) is 0 Å². The summed E-state index contributed by atoms with van der Waals surface area (Å²) in [6.45, 7) is 7.09. The SMILES string of the molecule is CCN(C(=O)NCC(C)(C)c1ccccc1F)C1CCCCC1. The maximum absolute atomic E-state index is 14.0. The van der Waals surface area contributed by atoms with E-state index in [0.29, 0.717) is 18.2 Å². The number of hydrogen-bond donors (Lipinski definition) is 1. The number of nitrogens with zero attached hydrogens (tertiary/aromatic N) is 1. The third-order valence-corrected chi connectivity index (χ3v) is 4.90. The fourth-order valence-corrected chi connectivity index (χ4v) is 3.46. The minimum absolute atomic E-state index is 0.0242. The summed E-state index contributed by atoms with van der Waals surface area (Å²) in [5, 5.41) is 3.02. The molecule has 0 aromatic heterocycles. The number of rotatable bonds is 5. The van der Waals surface area contributed by atoms with Crippen molar-refractivity contribution in [2.45, 2.75) is 64.3 Å². The Hall–Kier alpha value is -1.58. The second-order valence-electron chi connectivity index (χ2n) is 7.10. The normalized spacial score (nSPS) is 16.2. The molecule has 1 aromatic carbocycles. The Morgan fingerprint density at radius 3 is 2.52 bits per heavy atom. The van der Waals surface area contributed by atoms with Gasteiger partial charge in [0.25, 0.3) is 0 Å². The van der Waals surface area contributed by atoms with Gasteiger partial charge in [0.15, 0.2) is 0 Å². The minimum atomic E-state index is -0.438. The Balaban J connectivity index is 1.98. The molecule has 1 N–H and O–H groups in total. The maximum Gasteiger partial charge on any atom is 0.317 e. The van der Waals surface area contributed by atoms with Crippen LogP contribution in [0, 0.1) is 5.82 Å². The topological polar surface area (TPSA) is 32.3 Å². The quantitative estimate of drug-likeness (QED) is 0.853. The molecular formula is C19H29FN2O. The van der Waals surface area contributed by atoms with Gasteiger partial charge in [-0.2, -0.15) is 0 Å². The van der Waals surface area contributed by atoms with Crippen LogP contribution in [0.3, 0.4) is 0 Å². The first-order chi connectivity index (χ1) is 11.0. The average Bonchev–Trinajstić information content (AvgIpc) is 2.55. The molecule has 0 radical (unpaired) electrons. The van der Waals surface area contributed by atoms with Gasteiger partial charge in [-0.3, -0.25) is 0 Å². The molecule has 23 heavy (non-hydrogen) atoms. The third kappa shape index (κ3) is 4.46. The molecule has 0 spiro atoms. The Morgan fingerprint density at radius 1 is 1.26 bits per heavy atom. The average molecular weight is 320 g/mol. The van der Waals surface area contributed by atoms with Gasteiger partial charge in [0, 0.05) is 24.5 Å². The number of carbonyl (C=O) groups excluding carboxylic acids is 1. The summed E-state index contributed by atoms with van der Waals surface area (Å²) in [6.07, 6.45) is 5.87. The smallest absolute Gasteiger partial charge is 0.317 e. The number of benzene rings is 1. The molecule has 1 aliphatic carbocycles. The molecule has 4 heteroatoms. The van der Waals surface area contributed by atoms with Crippen LogP contribution in [-0.4, -0.2) is 30.1 Å². The zero-order valence-electron chi connectivity index (χ0n) is 14.6. The van der Waals surface area contributed by atoms with E-state index in [1.54, 1.807) is 12.1 Å². The molecule has 3 nitrogen and oxygen atoms in total. The van der Waals surface area contributed by atoms with Crippen LogP contribution in [0.15, 0.2) is 24.3 Å². The van der Waals surface area contributed by atoms with Crippen LogP contribution in [0.4, 0.5) is 9.18 Å². The highest BCUT2D eigenvalue weighted by Crippen LogP contribution is 2.26. The largest absolute Gasteiger partial charge is 0.337 e. The number of amides is 2. The molecule has 2 amide bonds. The fourth-order valence-electron chi connectivity index (χ4n) is 3.46. The molecule has 128 valence electrons. The van der Waals surface area contributed by atoms with Gasteiger partial charge >= 0.3 is 6.03 Å². The van der Waals surface area contributed by atoms with Crippen molar-refractivity contribution in [2.24, 2.45) is 0 Å². The number of nitrogens with one attached hydrogen (secondary N) is 1. The second-order valence-corrected chi connectivity index (χ2v) is 7.10. The summed E-state index contributed by atoms with van der Waals surface area (Å²) in [5.74, 6) is -0.216. The van der Waals surface area contributed by atoms with Gasteiger partial charge in [0.05, 0.1) is 0 Å². The summed E-state index contributed by atoms with van der Waals surface area (Å²) in [7, 11) is 0. The summed E-state index contributed by atoms with van der Waals surface area (Å²) in [4.78, 5) is 14.5. The molecule has 1 aromatic rings. The Bertz CT molecular complexity index is 524. The van der Waals surface area contributed by atoms with Crippen molar-refractivity contribution in [2.75, 3.05) is 13.1 Å². The maximum atomic E-state index is 14.0. The van der Waals surface area contributed by atoms with Crippen molar-refractivity contribution >= 4 is 6.03 Å². The van der Waals surface area contributed by atoms with Gasteiger partial charge in [-0.05, 0) is 31.4 Å².